The van der Waals surface area contributed by atoms with Crippen molar-refractivity contribution in [2.75, 3.05) is 40.5 Å². The van der Waals surface area contributed by atoms with Gasteiger partial charge in [-0.05, 0) is 13.0 Å². The molecular weight excluding hydrogens is 334 g/mol. The smallest absolute Gasteiger partial charge is 0.276 e. The molecule has 26 heavy (non-hydrogen) atoms. The Kier molecular flexibility index (Phi) is 5.90. The van der Waals surface area contributed by atoms with Gasteiger partial charge in [-0.15, -0.1) is 0 Å². The molecule has 3 rings (SSSR count). The number of amides is 1. The molecule has 0 N–H and O–H groups in total. The number of methoxy groups -OCH3 is 1. The summed E-state index contributed by atoms with van der Waals surface area (Å²) >= 11 is 0. The number of hydrogen-bond donors (Lipinski definition) is 0. The van der Waals surface area contributed by atoms with E-state index in [1.807, 2.05) is 31.2 Å². The second-order valence-corrected chi connectivity index (χ2v) is 6.40. The first-order valence-electron chi connectivity index (χ1n) is 8.76. The zero-order valence-corrected chi connectivity index (χ0v) is 15.5. The fourth-order valence-corrected chi connectivity index (χ4v) is 3.04. The molecule has 2 aromatic rings. The van der Waals surface area contributed by atoms with Gasteiger partial charge in [-0.2, -0.15) is 0 Å². The van der Waals surface area contributed by atoms with Crippen LogP contribution < -0.4 is 4.74 Å². The molecule has 0 bridgehead atoms. The van der Waals surface area contributed by atoms with E-state index in [1.165, 1.54) is 0 Å². The van der Waals surface area contributed by atoms with Gasteiger partial charge < -0.3 is 18.9 Å². The van der Waals surface area contributed by atoms with Crippen molar-refractivity contribution < 1.29 is 18.8 Å². The van der Waals surface area contributed by atoms with Crippen LogP contribution in [-0.4, -0.2) is 61.3 Å². The molecule has 140 valence electrons. The molecule has 1 aromatic heterocycles. The lowest BCUT2D eigenvalue weighted by Gasteiger charge is -2.25. The Morgan fingerprint density at radius 3 is 2.81 bits per heavy atom. The number of benzene rings is 1. The number of nitrogens with zero attached hydrogens (tertiary/aromatic N) is 3. The van der Waals surface area contributed by atoms with Gasteiger partial charge in [0, 0.05) is 31.8 Å². The van der Waals surface area contributed by atoms with Crippen LogP contribution in [0.2, 0.25) is 0 Å². The summed E-state index contributed by atoms with van der Waals surface area (Å²) in [6.07, 6.45) is 0. The third-order valence-corrected chi connectivity index (χ3v) is 4.75. The molecule has 1 fully saturated rings. The molecule has 1 aliphatic heterocycles. The summed E-state index contributed by atoms with van der Waals surface area (Å²) in [5, 5.41) is 3.97. The molecule has 1 atom stereocenters. The first kappa shape index (κ1) is 18.4. The van der Waals surface area contributed by atoms with Gasteiger partial charge in [0.1, 0.15) is 5.75 Å². The van der Waals surface area contributed by atoms with E-state index in [0.29, 0.717) is 18.0 Å². The van der Waals surface area contributed by atoms with Crippen molar-refractivity contribution >= 4 is 5.91 Å². The fraction of sp³-hybridized carbons (Fsp3) is 0.474. The number of para-hydroxylation sites is 1. The minimum atomic E-state index is -0.180. The Bertz CT molecular complexity index is 740. The summed E-state index contributed by atoms with van der Waals surface area (Å²) in [4.78, 5) is 16.7. The average molecular weight is 359 g/mol. The molecule has 0 spiro atoms. The maximum Gasteiger partial charge on any atom is 0.276 e. The molecule has 1 saturated heterocycles. The van der Waals surface area contributed by atoms with Crippen molar-refractivity contribution in [3.05, 3.63) is 47.3 Å². The summed E-state index contributed by atoms with van der Waals surface area (Å²) < 4.78 is 16.1. The van der Waals surface area contributed by atoms with Crippen molar-refractivity contribution in [2.45, 2.75) is 19.5 Å². The zero-order chi connectivity index (χ0) is 18.5. The molecule has 0 radical (unpaired) electrons. The number of morpholine rings is 1. The van der Waals surface area contributed by atoms with E-state index < -0.39 is 0 Å². The predicted octanol–water partition coefficient (Wildman–Crippen LogP) is 2.35. The van der Waals surface area contributed by atoms with Gasteiger partial charge in [0.05, 0.1) is 32.9 Å². The Hall–Kier alpha value is -2.38. The van der Waals surface area contributed by atoms with Crippen LogP contribution in [0.4, 0.5) is 0 Å². The fourth-order valence-electron chi connectivity index (χ4n) is 3.04. The number of hydrogen-bond acceptors (Lipinski definition) is 6. The van der Waals surface area contributed by atoms with Gasteiger partial charge in [-0.3, -0.25) is 9.69 Å². The Balaban J connectivity index is 1.68. The zero-order valence-electron chi connectivity index (χ0n) is 15.5. The Morgan fingerprint density at radius 1 is 1.35 bits per heavy atom. The maximum atomic E-state index is 12.8. The van der Waals surface area contributed by atoms with Crippen LogP contribution in [0.25, 0.3) is 0 Å². The Morgan fingerprint density at radius 2 is 2.08 bits per heavy atom. The van der Waals surface area contributed by atoms with E-state index in [2.05, 4.69) is 10.1 Å². The monoisotopic (exact) mass is 359 g/mol. The average Bonchev–Trinajstić information content (AvgIpc) is 3.15. The first-order valence-corrected chi connectivity index (χ1v) is 8.76. The van der Waals surface area contributed by atoms with Crippen molar-refractivity contribution in [2.24, 2.45) is 0 Å². The highest BCUT2D eigenvalue weighted by Gasteiger charge is 2.24. The quantitative estimate of drug-likeness (QED) is 0.789. The van der Waals surface area contributed by atoms with Gasteiger partial charge in [-0.1, -0.05) is 23.4 Å². The van der Waals surface area contributed by atoms with E-state index in [0.717, 1.165) is 37.6 Å². The number of aromatic nitrogens is 1. The van der Waals surface area contributed by atoms with Gasteiger partial charge in [0.15, 0.2) is 11.5 Å². The van der Waals surface area contributed by atoms with Crippen LogP contribution in [0.1, 0.15) is 34.8 Å². The molecule has 0 saturated carbocycles. The molecule has 7 heteroatoms. The summed E-state index contributed by atoms with van der Waals surface area (Å²) in [6.45, 7) is 5.75. The van der Waals surface area contributed by atoms with E-state index in [4.69, 9.17) is 14.0 Å². The molecule has 1 aromatic carbocycles. The summed E-state index contributed by atoms with van der Waals surface area (Å²) in [7, 11) is 3.39. The van der Waals surface area contributed by atoms with Crippen LogP contribution in [-0.2, 0) is 11.3 Å². The minimum Gasteiger partial charge on any atom is -0.496 e. The van der Waals surface area contributed by atoms with Crippen molar-refractivity contribution in [1.29, 1.82) is 0 Å². The summed E-state index contributed by atoms with van der Waals surface area (Å²) in [5.41, 5.74) is 1.26. The first-order chi connectivity index (χ1) is 12.6. The molecule has 0 aliphatic carbocycles. The van der Waals surface area contributed by atoms with Gasteiger partial charge in [-0.25, -0.2) is 0 Å². The van der Waals surface area contributed by atoms with Crippen molar-refractivity contribution in [1.82, 2.24) is 15.0 Å². The number of ether oxygens (including phenoxy) is 2. The van der Waals surface area contributed by atoms with Crippen LogP contribution >= 0.6 is 0 Å². The van der Waals surface area contributed by atoms with E-state index in [-0.39, 0.29) is 11.9 Å². The van der Waals surface area contributed by atoms with E-state index in [1.54, 1.807) is 25.1 Å². The lowest BCUT2D eigenvalue weighted by atomic mass is 10.1. The van der Waals surface area contributed by atoms with Crippen LogP contribution in [0, 0.1) is 0 Å². The third kappa shape index (κ3) is 4.05. The van der Waals surface area contributed by atoms with Crippen LogP contribution in [0.3, 0.4) is 0 Å². The third-order valence-electron chi connectivity index (χ3n) is 4.75. The van der Waals surface area contributed by atoms with Crippen LogP contribution in [0.15, 0.2) is 34.9 Å². The molecule has 2 heterocycles. The molecule has 1 aliphatic rings. The Labute approximate surface area is 153 Å². The second kappa shape index (κ2) is 8.33. The molecule has 7 nitrogen and oxygen atoms in total. The number of carbonyl (C=O) groups is 1. The lowest BCUT2D eigenvalue weighted by molar-refractivity contribution is 0.0305. The highest BCUT2D eigenvalue weighted by atomic mass is 16.5. The maximum absolute atomic E-state index is 12.8. The van der Waals surface area contributed by atoms with Crippen LogP contribution in [0.5, 0.6) is 5.75 Å². The highest BCUT2D eigenvalue weighted by molar-refractivity contribution is 5.92. The lowest BCUT2D eigenvalue weighted by Crippen LogP contribution is -2.35. The van der Waals surface area contributed by atoms with Gasteiger partial charge >= 0.3 is 0 Å². The number of rotatable bonds is 6. The standard InChI is InChI=1S/C19H25N3O4/c1-14(16-6-4-5-7-18(16)24-3)21(2)19(23)17-12-15(26-20-17)13-22-8-10-25-11-9-22/h4-7,12,14H,8-11,13H2,1-3H3/t14-/m1/s1. The predicted molar refractivity (Wildman–Crippen MR) is 96.1 cm³/mol. The second-order valence-electron chi connectivity index (χ2n) is 6.40. The largest absolute Gasteiger partial charge is 0.496 e. The topological polar surface area (TPSA) is 68.0 Å². The van der Waals surface area contributed by atoms with E-state index in [9.17, 15) is 4.79 Å². The molecular formula is C19H25N3O4. The van der Waals surface area contributed by atoms with Crippen molar-refractivity contribution in [3.63, 3.8) is 0 Å². The van der Waals surface area contributed by atoms with Gasteiger partial charge in [0.25, 0.3) is 5.91 Å². The normalized spacial score (nSPS) is 16.3. The van der Waals surface area contributed by atoms with Gasteiger partial charge in [0.2, 0.25) is 0 Å². The summed E-state index contributed by atoms with van der Waals surface area (Å²) in [6, 6.07) is 9.26. The molecule has 1 amide bonds. The highest BCUT2D eigenvalue weighted by Crippen LogP contribution is 2.28. The number of carbonyl (C=O) groups excluding carboxylic acids is 1. The minimum absolute atomic E-state index is 0.155. The molecule has 0 unspecified atom stereocenters. The van der Waals surface area contributed by atoms with Crippen molar-refractivity contribution in [3.8, 4) is 5.75 Å². The SMILES string of the molecule is COc1ccccc1[C@@H](C)N(C)C(=O)c1cc(CN2CCOCC2)on1. The summed E-state index contributed by atoms with van der Waals surface area (Å²) in [5.74, 6) is 1.27. The van der Waals surface area contributed by atoms with E-state index >= 15 is 0 Å².